The highest BCUT2D eigenvalue weighted by molar-refractivity contribution is 7.90. The van der Waals surface area contributed by atoms with E-state index >= 15 is 0 Å². The van der Waals surface area contributed by atoms with Crippen LogP contribution in [0.1, 0.15) is 19.8 Å². The Labute approximate surface area is 89.8 Å². The van der Waals surface area contributed by atoms with Crippen LogP contribution in [0.5, 0.6) is 0 Å². The first-order chi connectivity index (χ1) is 6.89. The fraction of sp³-hybridized carbons (Fsp3) is 0.875. The minimum absolute atomic E-state index is 0.0489. The highest BCUT2D eigenvalue weighted by atomic mass is 32.2. The molecule has 88 valence electrons. The summed E-state index contributed by atoms with van der Waals surface area (Å²) in [6, 6.07) is 0. The molecule has 7 heteroatoms. The van der Waals surface area contributed by atoms with E-state index in [9.17, 15) is 8.42 Å². The van der Waals surface area contributed by atoms with E-state index in [2.05, 4.69) is 5.16 Å². The molecule has 1 unspecified atom stereocenters. The van der Waals surface area contributed by atoms with Crippen molar-refractivity contribution in [3.63, 3.8) is 0 Å². The smallest absolute Gasteiger partial charge is 0.216 e. The van der Waals surface area contributed by atoms with Crippen LogP contribution in [0, 0.1) is 5.92 Å². The SMILES string of the molecule is CC(CN(C)S(=O)(=O)C1CC1)C(N)=NO. The molecule has 0 heterocycles. The quantitative estimate of drug-likeness (QED) is 0.298. The van der Waals surface area contributed by atoms with E-state index in [0.717, 1.165) is 12.8 Å². The maximum Gasteiger partial charge on any atom is 0.216 e. The molecule has 0 aromatic heterocycles. The van der Waals surface area contributed by atoms with Crippen molar-refractivity contribution < 1.29 is 13.6 Å². The summed E-state index contributed by atoms with van der Waals surface area (Å²) in [7, 11) is -1.64. The van der Waals surface area contributed by atoms with Gasteiger partial charge in [0.1, 0.15) is 5.84 Å². The van der Waals surface area contributed by atoms with E-state index in [1.54, 1.807) is 6.92 Å². The average Bonchev–Trinajstić information content (AvgIpc) is 2.99. The monoisotopic (exact) mass is 235 g/mol. The van der Waals surface area contributed by atoms with Gasteiger partial charge in [-0.1, -0.05) is 12.1 Å². The predicted molar refractivity (Wildman–Crippen MR) is 57.1 cm³/mol. The summed E-state index contributed by atoms with van der Waals surface area (Å²) < 4.78 is 24.7. The number of nitrogens with zero attached hydrogens (tertiary/aromatic N) is 2. The molecule has 0 aromatic carbocycles. The summed E-state index contributed by atoms with van der Waals surface area (Å²) in [6.07, 6.45) is 1.48. The molecule has 0 radical (unpaired) electrons. The first-order valence-electron chi connectivity index (χ1n) is 4.82. The zero-order valence-corrected chi connectivity index (χ0v) is 9.74. The van der Waals surface area contributed by atoms with Crippen LogP contribution in [0.15, 0.2) is 5.16 Å². The van der Waals surface area contributed by atoms with E-state index in [4.69, 9.17) is 10.9 Å². The molecule has 1 saturated carbocycles. The predicted octanol–water partition coefficient (Wildman–Crippen LogP) is -0.207. The van der Waals surface area contributed by atoms with Crippen LogP contribution in [-0.2, 0) is 10.0 Å². The second-order valence-corrected chi connectivity index (χ2v) is 6.27. The third-order valence-corrected chi connectivity index (χ3v) is 4.86. The van der Waals surface area contributed by atoms with Crippen LogP contribution in [0.4, 0.5) is 0 Å². The second kappa shape index (κ2) is 4.36. The molecular weight excluding hydrogens is 218 g/mol. The molecule has 1 fully saturated rings. The minimum atomic E-state index is -3.16. The van der Waals surface area contributed by atoms with Crippen molar-refractivity contribution >= 4 is 15.9 Å². The summed E-state index contributed by atoms with van der Waals surface area (Å²) in [5.41, 5.74) is 5.38. The Bertz CT molecular complexity index is 348. The van der Waals surface area contributed by atoms with E-state index in [1.807, 2.05) is 0 Å². The highest BCUT2D eigenvalue weighted by Gasteiger charge is 2.38. The van der Waals surface area contributed by atoms with Crippen LogP contribution in [0.2, 0.25) is 0 Å². The molecule has 1 rings (SSSR count). The van der Waals surface area contributed by atoms with Crippen LogP contribution < -0.4 is 5.73 Å². The van der Waals surface area contributed by atoms with Gasteiger partial charge in [-0.2, -0.15) is 0 Å². The molecule has 6 nitrogen and oxygen atoms in total. The fourth-order valence-electron chi connectivity index (χ4n) is 1.30. The summed E-state index contributed by atoms with van der Waals surface area (Å²) in [4.78, 5) is 0. The maximum absolute atomic E-state index is 11.7. The number of rotatable bonds is 5. The Balaban J connectivity index is 2.59. The van der Waals surface area contributed by atoms with Gasteiger partial charge < -0.3 is 10.9 Å². The lowest BCUT2D eigenvalue weighted by Gasteiger charge is -2.20. The maximum atomic E-state index is 11.7. The molecule has 15 heavy (non-hydrogen) atoms. The van der Waals surface area contributed by atoms with Gasteiger partial charge in [0.15, 0.2) is 0 Å². The van der Waals surface area contributed by atoms with Crippen molar-refractivity contribution in [3.05, 3.63) is 0 Å². The van der Waals surface area contributed by atoms with E-state index < -0.39 is 10.0 Å². The van der Waals surface area contributed by atoms with Gasteiger partial charge in [-0.25, -0.2) is 12.7 Å². The Morgan fingerprint density at radius 2 is 2.20 bits per heavy atom. The number of oxime groups is 1. The van der Waals surface area contributed by atoms with Crippen molar-refractivity contribution in [3.8, 4) is 0 Å². The second-order valence-electron chi connectivity index (χ2n) is 3.95. The third kappa shape index (κ3) is 2.82. The Morgan fingerprint density at radius 1 is 1.67 bits per heavy atom. The number of sulfonamides is 1. The summed E-state index contributed by atoms with van der Waals surface area (Å²) >= 11 is 0. The van der Waals surface area contributed by atoms with Gasteiger partial charge in [0.2, 0.25) is 10.0 Å². The zero-order valence-electron chi connectivity index (χ0n) is 8.92. The highest BCUT2D eigenvalue weighted by Crippen LogP contribution is 2.30. The Hall–Kier alpha value is -0.820. The van der Waals surface area contributed by atoms with Crippen molar-refractivity contribution in [1.29, 1.82) is 0 Å². The topological polar surface area (TPSA) is 96.0 Å². The molecule has 0 aromatic rings. The lowest BCUT2D eigenvalue weighted by atomic mass is 10.2. The zero-order chi connectivity index (χ0) is 11.6. The number of nitrogens with two attached hydrogens (primary N) is 1. The molecule has 0 bridgehead atoms. The van der Waals surface area contributed by atoms with Gasteiger partial charge in [-0.05, 0) is 12.8 Å². The molecule has 1 aliphatic carbocycles. The van der Waals surface area contributed by atoms with Crippen LogP contribution in [0.25, 0.3) is 0 Å². The van der Waals surface area contributed by atoms with E-state index in [-0.39, 0.29) is 23.5 Å². The molecule has 0 amide bonds. The summed E-state index contributed by atoms with van der Waals surface area (Å²) in [5, 5.41) is 11.1. The Morgan fingerprint density at radius 3 is 2.60 bits per heavy atom. The van der Waals surface area contributed by atoms with Crippen molar-refractivity contribution in [2.45, 2.75) is 25.0 Å². The molecule has 0 aliphatic heterocycles. The van der Waals surface area contributed by atoms with Crippen LogP contribution >= 0.6 is 0 Å². The van der Waals surface area contributed by atoms with Gasteiger partial charge in [0.25, 0.3) is 0 Å². The van der Waals surface area contributed by atoms with Gasteiger partial charge in [-0.15, -0.1) is 0 Å². The summed E-state index contributed by atoms with van der Waals surface area (Å²) in [6.45, 7) is 1.96. The van der Waals surface area contributed by atoms with Crippen molar-refractivity contribution in [2.24, 2.45) is 16.8 Å². The molecular formula is C8H17N3O3S. The standard InChI is InChI=1S/C8H17N3O3S/c1-6(8(9)10-12)5-11(2)15(13,14)7-3-4-7/h6-7,12H,3-5H2,1-2H3,(H2,9,10). The van der Waals surface area contributed by atoms with Crippen molar-refractivity contribution in [1.82, 2.24) is 4.31 Å². The lowest BCUT2D eigenvalue weighted by molar-refractivity contribution is 0.312. The first-order valence-corrected chi connectivity index (χ1v) is 6.32. The van der Waals surface area contributed by atoms with Crippen LogP contribution in [0.3, 0.4) is 0 Å². The minimum Gasteiger partial charge on any atom is -0.409 e. The largest absolute Gasteiger partial charge is 0.409 e. The van der Waals surface area contributed by atoms with E-state index in [1.165, 1.54) is 11.4 Å². The third-order valence-electron chi connectivity index (χ3n) is 2.53. The van der Waals surface area contributed by atoms with Gasteiger partial charge in [0, 0.05) is 19.5 Å². The van der Waals surface area contributed by atoms with E-state index in [0.29, 0.717) is 0 Å². The van der Waals surface area contributed by atoms with Gasteiger partial charge in [0.05, 0.1) is 5.25 Å². The molecule has 1 aliphatic rings. The van der Waals surface area contributed by atoms with Gasteiger partial charge >= 0.3 is 0 Å². The molecule has 0 spiro atoms. The van der Waals surface area contributed by atoms with Crippen molar-refractivity contribution in [2.75, 3.05) is 13.6 Å². The van der Waals surface area contributed by atoms with Crippen LogP contribution in [-0.4, -0.2) is 42.6 Å². The molecule has 0 saturated heterocycles. The molecule has 1 atom stereocenters. The summed E-state index contributed by atoms with van der Waals surface area (Å²) in [5.74, 6) is -0.235. The number of amidine groups is 1. The number of hydrogen-bond acceptors (Lipinski definition) is 4. The van der Waals surface area contributed by atoms with Gasteiger partial charge in [-0.3, -0.25) is 0 Å². The first kappa shape index (κ1) is 12.3. The Kier molecular flexibility index (Phi) is 3.56. The normalized spacial score (nSPS) is 20.6. The lowest BCUT2D eigenvalue weighted by Crippen LogP contribution is -2.37. The number of hydrogen-bond donors (Lipinski definition) is 2. The average molecular weight is 235 g/mol. The molecule has 3 N–H and O–H groups in total. The fourth-order valence-corrected chi connectivity index (χ4v) is 2.97.